The van der Waals surface area contributed by atoms with Gasteiger partial charge in [0.15, 0.2) is 0 Å². The number of imide groups is 2. The average Bonchev–Trinajstić information content (AvgIpc) is 2.95. The molecule has 0 radical (unpaired) electrons. The molecule has 4 rings (SSSR count). The maximum absolute atomic E-state index is 13.2. The molecule has 154 valence electrons. The number of carbonyl (C=O) groups is 4. The average molecular weight is 400 g/mol. The molecule has 4 N–H and O–H groups in total. The quantitative estimate of drug-likeness (QED) is 0.573. The van der Waals surface area contributed by atoms with Crippen LogP contribution >= 0.6 is 0 Å². The van der Waals surface area contributed by atoms with Gasteiger partial charge in [-0.2, -0.15) is 0 Å². The molecule has 3 aliphatic rings. The number of nitrogens with zero attached hydrogens (tertiary/aromatic N) is 2. The van der Waals surface area contributed by atoms with Crippen LogP contribution in [0.4, 0.5) is 0 Å². The summed E-state index contributed by atoms with van der Waals surface area (Å²) in [6, 6.07) is 4.05. The summed E-state index contributed by atoms with van der Waals surface area (Å²) in [6.45, 7) is 1.07. The maximum Gasteiger partial charge on any atom is 0.262 e. The molecule has 0 aliphatic carbocycles. The van der Waals surface area contributed by atoms with Gasteiger partial charge < -0.3 is 10.8 Å². The highest BCUT2D eigenvalue weighted by Crippen LogP contribution is 2.31. The van der Waals surface area contributed by atoms with Gasteiger partial charge in [0.2, 0.25) is 11.8 Å². The van der Waals surface area contributed by atoms with Crippen LogP contribution in [-0.4, -0.2) is 69.8 Å². The Labute approximate surface area is 167 Å². The fourth-order valence-electron chi connectivity index (χ4n) is 4.46. The molecule has 29 heavy (non-hydrogen) atoms. The molecule has 9 nitrogen and oxygen atoms in total. The number of rotatable bonds is 4. The van der Waals surface area contributed by atoms with Crippen molar-refractivity contribution in [3.8, 4) is 0 Å². The minimum Gasteiger partial charge on any atom is -0.395 e. The van der Waals surface area contributed by atoms with Crippen molar-refractivity contribution in [1.29, 1.82) is 0 Å². The van der Waals surface area contributed by atoms with Gasteiger partial charge in [-0.25, -0.2) is 0 Å². The van der Waals surface area contributed by atoms with Crippen LogP contribution < -0.4 is 11.1 Å². The number of aliphatic hydroxyl groups excluding tert-OH is 1. The normalized spacial score (nSPS) is 27.9. The molecular weight excluding hydrogens is 376 g/mol. The Morgan fingerprint density at radius 2 is 1.93 bits per heavy atom. The summed E-state index contributed by atoms with van der Waals surface area (Å²) in [4.78, 5) is 52.8. The first-order chi connectivity index (χ1) is 13.9. The van der Waals surface area contributed by atoms with Crippen molar-refractivity contribution in [3.63, 3.8) is 0 Å². The monoisotopic (exact) mass is 400 g/mol. The second-order valence-corrected chi connectivity index (χ2v) is 7.88. The SMILES string of the molecule is N[C@@H]1CCN(Cc2cccc3c2C(=O)N(C2CCC(=O)NC2=O)C3=O)[C@@H](CO)C1. The van der Waals surface area contributed by atoms with Gasteiger partial charge in [0.1, 0.15) is 6.04 Å². The highest BCUT2D eigenvalue weighted by atomic mass is 16.3. The molecule has 3 aliphatic heterocycles. The Balaban J connectivity index is 1.61. The Bertz CT molecular complexity index is 886. The standard InChI is InChI=1S/C20H24N4O5/c21-12-6-7-23(13(8-12)10-25)9-11-2-1-3-14-17(11)20(29)24(19(14)28)15-4-5-16(26)22-18(15)27/h1-3,12-13,15,25H,4-10,21H2,(H,22,26,27)/t12-,13-,15?/m1/s1. The number of benzene rings is 1. The zero-order valence-corrected chi connectivity index (χ0v) is 16.0. The summed E-state index contributed by atoms with van der Waals surface area (Å²) in [6.07, 6.45) is 1.67. The highest BCUT2D eigenvalue weighted by Gasteiger charge is 2.45. The molecule has 2 fully saturated rings. The lowest BCUT2D eigenvalue weighted by molar-refractivity contribution is -0.136. The number of piperidine rings is 2. The van der Waals surface area contributed by atoms with Crippen LogP contribution in [0.15, 0.2) is 18.2 Å². The number of nitrogens with two attached hydrogens (primary N) is 1. The van der Waals surface area contributed by atoms with E-state index in [2.05, 4.69) is 10.2 Å². The van der Waals surface area contributed by atoms with Crippen LogP contribution in [0.25, 0.3) is 0 Å². The minimum absolute atomic E-state index is 0.0298. The Morgan fingerprint density at radius 3 is 2.66 bits per heavy atom. The third kappa shape index (κ3) is 3.45. The maximum atomic E-state index is 13.2. The van der Waals surface area contributed by atoms with E-state index in [1.165, 1.54) is 0 Å². The number of amides is 4. The molecule has 0 saturated carbocycles. The predicted molar refractivity (Wildman–Crippen MR) is 102 cm³/mol. The zero-order valence-electron chi connectivity index (χ0n) is 16.0. The van der Waals surface area contributed by atoms with E-state index in [1.54, 1.807) is 18.2 Å². The van der Waals surface area contributed by atoms with E-state index in [1.807, 2.05) is 0 Å². The van der Waals surface area contributed by atoms with E-state index < -0.39 is 29.7 Å². The fraction of sp³-hybridized carbons (Fsp3) is 0.500. The lowest BCUT2D eigenvalue weighted by Crippen LogP contribution is -2.54. The smallest absolute Gasteiger partial charge is 0.262 e. The summed E-state index contributed by atoms with van der Waals surface area (Å²) in [5.74, 6) is -2.05. The lowest BCUT2D eigenvalue weighted by atomic mass is 9.96. The summed E-state index contributed by atoms with van der Waals surface area (Å²) in [7, 11) is 0. The molecule has 3 heterocycles. The molecule has 4 amide bonds. The van der Waals surface area contributed by atoms with Crippen molar-refractivity contribution in [1.82, 2.24) is 15.1 Å². The number of carbonyl (C=O) groups excluding carboxylic acids is 4. The van der Waals surface area contributed by atoms with Crippen LogP contribution in [-0.2, 0) is 16.1 Å². The van der Waals surface area contributed by atoms with Gasteiger partial charge >= 0.3 is 0 Å². The van der Waals surface area contributed by atoms with Crippen molar-refractivity contribution < 1.29 is 24.3 Å². The minimum atomic E-state index is -0.980. The molecule has 9 heteroatoms. The Morgan fingerprint density at radius 1 is 1.14 bits per heavy atom. The van der Waals surface area contributed by atoms with Crippen molar-refractivity contribution in [2.24, 2.45) is 5.73 Å². The van der Waals surface area contributed by atoms with Crippen molar-refractivity contribution in [2.45, 2.75) is 50.4 Å². The van der Waals surface area contributed by atoms with Crippen LogP contribution in [0.2, 0.25) is 0 Å². The van der Waals surface area contributed by atoms with Gasteiger partial charge in [-0.3, -0.25) is 34.3 Å². The molecule has 0 spiro atoms. The molecular formula is C20H24N4O5. The number of hydrogen-bond donors (Lipinski definition) is 3. The summed E-state index contributed by atoms with van der Waals surface area (Å²) in [5.41, 5.74) is 7.26. The second kappa shape index (κ2) is 7.66. The van der Waals surface area contributed by atoms with Crippen LogP contribution in [0.5, 0.6) is 0 Å². The third-order valence-corrected chi connectivity index (χ3v) is 6.02. The first-order valence-electron chi connectivity index (χ1n) is 9.84. The third-order valence-electron chi connectivity index (χ3n) is 6.02. The first kappa shape index (κ1) is 19.7. The largest absolute Gasteiger partial charge is 0.395 e. The molecule has 0 bridgehead atoms. The molecule has 0 aromatic heterocycles. The van der Waals surface area contributed by atoms with E-state index in [0.717, 1.165) is 11.3 Å². The second-order valence-electron chi connectivity index (χ2n) is 7.88. The van der Waals surface area contributed by atoms with Crippen molar-refractivity contribution in [3.05, 3.63) is 34.9 Å². The summed E-state index contributed by atoms with van der Waals surface area (Å²) >= 11 is 0. The number of fused-ring (bicyclic) bond motifs is 1. The van der Waals surface area contributed by atoms with Gasteiger partial charge in [-0.1, -0.05) is 12.1 Å². The highest BCUT2D eigenvalue weighted by molar-refractivity contribution is 6.24. The van der Waals surface area contributed by atoms with E-state index in [0.29, 0.717) is 30.6 Å². The summed E-state index contributed by atoms with van der Waals surface area (Å²) < 4.78 is 0. The predicted octanol–water partition coefficient (Wildman–Crippen LogP) is -0.628. The van der Waals surface area contributed by atoms with Gasteiger partial charge in [-0.05, 0) is 30.9 Å². The van der Waals surface area contributed by atoms with Gasteiger partial charge in [-0.15, -0.1) is 0 Å². The molecule has 3 atom stereocenters. The number of nitrogens with one attached hydrogen (secondary N) is 1. The van der Waals surface area contributed by atoms with E-state index in [9.17, 15) is 24.3 Å². The van der Waals surface area contributed by atoms with Crippen LogP contribution in [0.3, 0.4) is 0 Å². The number of aliphatic hydroxyl groups is 1. The van der Waals surface area contributed by atoms with Crippen LogP contribution in [0.1, 0.15) is 52.0 Å². The fourth-order valence-corrected chi connectivity index (χ4v) is 4.46. The molecule has 1 aromatic rings. The van der Waals surface area contributed by atoms with E-state index >= 15 is 0 Å². The Kier molecular flexibility index (Phi) is 5.20. The van der Waals surface area contributed by atoms with Crippen LogP contribution in [0, 0.1) is 0 Å². The van der Waals surface area contributed by atoms with E-state index in [4.69, 9.17) is 5.73 Å². The molecule has 2 saturated heterocycles. The first-order valence-corrected chi connectivity index (χ1v) is 9.84. The van der Waals surface area contributed by atoms with E-state index in [-0.39, 0.29) is 37.1 Å². The van der Waals surface area contributed by atoms with Gasteiger partial charge in [0.25, 0.3) is 11.8 Å². The Hall–Kier alpha value is -2.62. The topological polar surface area (TPSA) is 133 Å². The lowest BCUT2D eigenvalue weighted by Gasteiger charge is -2.37. The molecule has 1 unspecified atom stereocenters. The van der Waals surface area contributed by atoms with Gasteiger partial charge in [0.05, 0.1) is 17.7 Å². The zero-order chi connectivity index (χ0) is 20.7. The van der Waals surface area contributed by atoms with Crippen molar-refractivity contribution >= 4 is 23.6 Å². The van der Waals surface area contributed by atoms with Gasteiger partial charge in [0, 0.05) is 31.6 Å². The number of hydrogen-bond acceptors (Lipinski definition) is 7. The molecule has 1 aromatic carbocycles. The van der Waals surface area contributed by atoms with Crippen molar-refractivity contribution in [2.75, 3.05) is 13.2 Å². The number of likely N-dealkylation sites (tertiary alicyclic amines) is 1. The summed E-state index contributed by atoms with van der Waals surface area (Å²) in [5, 5.41) is 11.9.